The van der Waals surface area contributed by atoms with Crippen LogP contribution in [-0.4, -0.2) is 61.0 Å². The fourth-order valence-corrected chi connectivity index (χ4v) is 1.98. The Balaban J connectivity index is 2.12. The van der Waals surface area contributed by atoms with E-state index in [9.17, 15) is 9.59 Å². The number of carbonyl (C=O) groups is 2. The van der Waals surface area contributed by atoms with Crippen LogP contribution < -0.4 is 11.5 Å². The van der Waals surface area contributed by atoms with E-state index in [0.29, 0.717) is 11.5 Å². The molecule has 10 heteroatoms. The summed E-state index contributed by atoms with van der Waals surface area (Å²) >= 11 is 0. The van der Waals surface area contributed by atoms with Crippen LogP contribution in [0.3, 0.4) is 0 Å². The number of hydrogen-bond acceptors (Lipinski definition) is 7. The number of amides is 1. The lowest BCUT2D eigenvalue weighted by Gasteiger charge is -2.22. The minimum absolute atomic E-state index is 0.0682. The summed E-state index contributed by atoms with van der Waals surface area (Å²) in [4.78, 5) is 36.3. The first-order chi connectivity index (χ1) is 10.5. The Morgan fingerprint density at radius 3 is 2.73 bits per heavy atom. The van der Waals surface area contributed by atoms with Gasteiger partial charge < -0.3 is 26.0 Å². The van der Waals surface area contributed by atoms with Gasteiger partial charge in [0.1, 0.15) is 24.4 Å². The van der Waals surface area contributed by atoms with Crippen LogP contribution in [0.4, 0.5) is 5.82 Å². The number of nitrogens with two attached hydrogens (primary N) is 2. The quantitative estimate of drug-likeness (QED) is 0.565. The Kier molecular flexibility index (Phi) is 4.84. The predicted molar refractivity (Wildman–Crippen MR) is 76.7 cm³/mol. The average Bonchev–Trinajstić information content (AvgIpc) is 2.95. The number of nitrogens with zero attached hydrogens (tertiary/aromatic N) is 5. The molecule has 0 saturated carbocycles. The molecule has 0 aliphatic carbocycles. The molecule has 118 valence electrons. The number of fused-ring (bicyclic) bond motifs is 1. The van der Waals surface area contributed by atoms with Gasteiger partial charge in [0.15, 0.2) is 5.82 Å². The van der Waals surface area contributed by atoms with Gasteiger partial charge in [-0.15, -0.1) is 0 Å². The minimum Gasteiger partial charge on any atom is -0.481 e. The van der Waals surface area contributed by atoms with E-state index in [4.69, 9.17) is 16.6 Å². The van der Waals surface area contributed by atoms with Crippen molar-refractivity contribution in [2.45, 2.75) is 13.0 Å². The zero-order chi connectivity index (χ0) is 16.1. The van der Waals surface area contributed by atoms with Crippen LogP contribution in [0.5, 0.6) is 0 Å². The van der Waals surface area contributed by atoms with Gasteiger partial charge in [-0.1, -0.05) is 0 Å². The molecular formula is C12H17N7O3. The van der Waals surface area contributed by atoms with Crippen LogP contribution in [-0.2, 0) is 16.1 Å². The van der Waals surface area contributed by atoms with Crippen molar-refractivity contribution in [3.8, 4) is 11.5 Å². The number of imidazole rings is 1. The molecule has 22 heavy (non-hydrogen) atoms. The predicted octanol–water partition coefficient (Wildman–Crippen LogP) is -1.38. The van der Waals surface area contributed by atoms with Crippen LogP contribution >= 0.6 is 0 Å². The summed E-state index contributed by atoms with van der Waals surface area (Å²) in [5, 5.41) is 8.72. The maximum atomic E-state index is 12.3. The van der Waals surface area contributed by atoms with E-state index in [0.717, 1.165) is 0 Å². The highest BCUT2D eigenvalue weighted by Crippen LogP contribution is 2.20. The number of carboxylic acid groups (broad SMARTS) is 1. The Labute approximate surface area is 126 Å². The number of aliphatic carboxylic acids is 1. The van der Waals surface area contributed by atoms with Crippen LogP contribution in [0, 0.1) is 0 Å². The Morgan fingerprint density at radius 1 is 1.27 bits per heavy atom. The zero-order valence-corrected chi connectivity index (χ0v) is 11.8. The smallest absolute Gasteiger partial charge is 0.305 e. The second-order valence-corrected chi connectivity index (χ2v) is 4.62. The number of nitrogen functional groups attached to an aromatic ring is 1. The van der Waals surface area contributed by atoms with Gasteiger partial charge >= 0.3 is 5.97 Å². The fraction of sp³-hybridized carbons (Fsp3) is 0.417. The zero-order valence-electron chi connectivity index (χ0n) is 11.8. The van der Waals surface area contributed by atoms with Crippen molar-refractivity contribution in [3.05, 3.63) is 12.7 Å². The molecule has 0 fully saturated rings. The van der Waals surface area contributed by atoms with Crippen molar-refractivity contribution in [3.63, 3.8) is 0 Å². The molecule has 0 bridgehead atoms. The first kappa shape index (κ1) is 15.6. The molecule has 2 rings (SSSR count). The van der Waals surface area contributed by atoms with Crippen molar-refractivity contribution < 1.29 is 14.7 Å². The summed E-state index contributed by atoms with van der Waals surface area (Å²) in [5.41, 5.74) is 11.8. The number of carboxylic acids is 1. The van der Waals surface area contributed by atoms with Gasteiger partial charge in [-0.3, -0.25) is 9.59 Å². The minimum atomic E-state index is -0.975. The number of rotatable bonds is 7. The van der Waals surface area contributed by atoms with E-state index < -0.39 is 5.97 Å². The lowest BCUT2D eigenvalue weighted by molar-refractivity contribution is -0.138. The van der Waals surface area contributed by atoms with E-state index in [1.807, 2.05) is 0 Å². The normalized spacial score (nSPS) is 10.8. The highest BCUT2D eigenvalue weighted by molar-refractivity contribution is 5.78. The average molecular weight is 307 g/mol. The molecule has 0 radical (unpaired) electrons. The molecule has 2 aliphatic rings. The number of aromatic nitrogens is 4. The molecule has 0 aromatic heterocycles. The van der Waals surface area contributed by atoms with Gasteiger partial charge in [0.25, 0.3) is 0 Å². The molecule has 1 amide bonds. The highest BCUT2D eigenvalue weighted by Gasteiger charge is 2.18. The molecule has 0 saturated heterocycles. The topological polar surface area (TPSA) is 153 Å². The van der Waals surface area contributed by atoms with E-state index in [1.165, 1.54) is 22.1 Å². The van der Waals surface area contributed by atoms with Crippen molar-refractivity contribution in [2.75, 3.05) is 25.4 Å². The maximum absolute atomic E-state index is 12.3. The molecule has 0 atom stereocenters. The molecule has 0 unspecified atom stereocenters. The molecule has 10 nitrogen and oxygen atoms in total. The molecule has 0 spiro atoms. The van der Waals surface area contributed by atoms with Crippen molar-refractivity contribution in [2.24, 2.45) is 5.73 Å². The molecule has 0 aromatic rings. The summed E-state index contributed by atoms with van der Waals surface area (Å²) in [7, 11) is 0. The fourth-order valence-electron chi connectivity index (χ4n) is 1.98. The van der Waals surface area contributed by atoms with E-state index in [-0.39, 0.29) is 44.3 Å². The largest absolute Gasteiger partial charge is 0.481 e. The third-order valence-electron chi connectivity index (χ3n) is 3.10. The van der Waals surface area contributed by atoms with E-state index in [1.54, 1.807) is 0 Å². The van der Waals surface area contributed by atoms with Gasteiger partial charge in [-0.05, 0) is 0 Å². The number of anilines is 1. The summed E-state index contributed by atoms with van der Waals surface area (Å²) in [5.74, 6) is -0.575. The molecule has 5 N–H and O–H groups in total. The SMILES string of the molecule is NCCN(CCC(=O)O)C(=O)Cn1cnc2ncnc-2c1N. The van der Waals surface area contributed by atoms with Crippen LogP contribution in [0.25, 0.3) is 11.5 Å². The van der Waals surface area contributed by atoms with Crippen LogP contribution in [0.2, 0.25) is 0 Å². The monoisotopic (exact) mass is 307 g/mol. The Hall–Kier alpha value is -2.75. The van der Waals surface area contributed by atoms with Crippen molar-refractivity contribution in [1.29, 1.82) is 0 Å². The third kappa shape index (κ3) is 3.47. The molecule has 2 aliphatic heterocycles. The van der Waals surface area contributed by atoms with E-state index >= 15 is 0 Å². The number of hydrogen-bond donors (Lipinski definition) is 3. The second kappa shape index (κ2) is 6.80. The summed E-state index contributed by atoms with van der Waals surface area (Å²) in [6, 6.07) is 0. The van der Waals surface area contributed by atoms with Gasteiger partial charge in [-0.25, -0.2) is 15.0 Å². The summed E-state index contributed by atoms with van der Waals surface area (Å²) in [6.07, 6.45) is 2.60. The summed E-state index contributed by atoms with van der Waals surface area (Å²) < 4.78 is 1.45. The maximum Gasteiger partial charge on any atom is 0.305 e. The standard InChI is InChI=1S/C12H17N7O3/c13-2-4-18(3-1-9(21)22)8(20)5-19-7-17-12-10(11(19)14)15-6-16-12/h6-7H,1-5,13-14H2,(H,21,22). The van der Waals surface area contributed by atoms with Crippen LogP contribution in [0.1, 0.15) is 6.42 Å². The molecule has 2 heterocycles. The first-order valence-electron chi connectivity index (χ1n) is 6.64. The van der Waals surface area contributed by atoms with Crippen molar-refractivity contribution in [1.82, 2.24) is 24.4 Å². The lowest BCUT2D eigenvalue weighted by atomic mass is 10.3. The molecular weight excluding hydrogens is 290 g/mol. The Bertz CT molecular complexity index is 642. The van der Waals surface area contributed by atoms with Crippen molar-refractivity contribution >= 4 is 17.7 Å². The van der Waals surface area contributed by atoms with Gasteiger partial charge in [0.05, 0.1) is 12.7 Å². The Morgan fingerprint density at radius 2 is 2.05 bits per heavy atom. The third-order valence-corrected chi connectivity index (χ3v) is 3.10. The molecule has 0 aromatic carbocycles. The number of carbonyl (C=O) groups excluding carboxylic acids is 1. The van der Waals surface area contributed by atoms with E-state index in [2.05, 4.69) is 15.0 Å². The van der Waals surface area contributed by atoms with Gasteiger partial charge in [-0.2, -0.15) is 0 Å². The highest BCUT2D eigenvalue weighted by atomic mass is 16.4. The second-order valence-electron chi connectivity index (χ2n) is 4.62. The lowest BCUT2D eigenvalue weighted by Crippen LogP contribution is -2.39. The summed E-state index contributed by atoms with van der Waals surface area (Å²) in [6.45, 7) is 0.550. The van der Waals surface area contributed by atoms with Gasteiger partial charge in [0, 0.05) is 19.6 Å². The van der Waals surface area contributed by atoms with Crippen LogP contribution in [0.15, 0.2) is 12.7 Å². The van der Waals surface area contributed by atoms with Gasteiger partial charge in [0.2, 0.25) is 5.91 Å². The first-order valence-corrected chi connectivity index (χ1v) is 6.64.